The van der Waals surface area contributed by atoms with Crippen molar-refractivity contribution in [3.8, 4) is 5.75 Å². The van der Waals surface area contributed by atoms with Crippen LogP contribution < -0.4 is 10.1 Å². The second-order valence-electron chi connectivity index (χ2n) is 4.57. The largest absolute Gasteiger partial charge is 0.484 e. The number of nitrogens with one attached hydrogen (secondary N) is 1. The number of benzene rings is 2. The third-order valence-corrected chi connectivity index (χ3v) is 3.19. The lowest BCUT2D eigenvalue weighted by atomic mass is 10.1. The van der Waals surface area contributed by atoms with E-state index in [1.165, 1.54) is 0 Å². The van der Waals surface area contributed by atoms with E-state index in [4.69, 9.17) is 16.3 Å². The SMILES string of the molecule is CC(O)c1cccc(OCC(=O)Nc2ccccc2Cl)c1. The maximum absolute atomic E-state index is 11.8. The number of para-hydroxylation sites is 1. The van der Waals surface area contributed by atoms with Crippen molar-refractivity contribution in [2.75, 3.05) is 11.9 Å². The van der Waals surface area contributed by atoms with Crippen molar-refractivity contribution in [1.29, 1.82) is 0 Å². The van der Waals surface area contributed by atoms with Crippen molar-refractivity contribution in [3.05, 3.63) is 59.1 Å². The van der Waals surface area contributed by atoms with Crippen molar-refractivity contribution in [2.24, 2.45) is 0 Å². The normalized spacial score (nSPS) is 11.8. The number of anilines is 1. The van der Waals surface area contributed by atoms with E-state index < -0.39 is 6.10 Å². The number of hydrogen-bond acceptors (Lipinski definition) is 3. The van der Waals surface area contributed by atoms with E-state index in [0.717, 1.165) is 5.56 Å². The molecule has 0 fully saturated rings. The number of aliphatic hydroxyl groups excluding tert-OH is 1. The van der Waals surface area contributed by atoms with Crippen LogP contribution in [0.5, 0.6) is 5.75 Å². The van der Waals surface area contributed by atoms with Crippen molar-refractivity contribution in [2.45, 2.75) is 13.0 Å². The highest BCUT2D eigenvalue weighted by atomic mass is 35.5. The summed E-state index contributed by atoms with van der Waals surface area (Å²) in [7, 11) is 0. The maximum atomic E-state index is 11.8. The van der Waals surface area contributed by atoms with E-state index in [2.05, 4.69) is 5.32 Å². The standard InChI is InChI=1S/C16H16ClNO3/c1-11(19)12-5-4-6-13(9-12)21-10-16(20)18-15-8-3-2-7-14(15)17/h2-9,11,19H,10H2,1H3,(H,18,20). The average molecular weight is 306 g/mol. The molecule has 0 radical (unpaired) electrons. The molecule has 0 aliphatic carbocycles. The van der Waals surface area contributed by atoms with Crippen LogP contribution in [0.2, 0.25) is 5.02 Å². The minimum absolute atomic E-state index is 0.130. The number of carbonyl (C=O) groups is 1. The fourth-order valence-corrected chi connectivity index (χ4v) is 1.94. The summed E-state index contributed by atoms with van der Waals surface area (Å²) in [6, 6.07) is 14.0. The van der Waals surface area contributed by atoms with Crippen LogP contribution in [-0.2, 0) is 4.79 Å². The summed E-state index contributed by atoms with van der Waals surface area (Å²) in [5, 5.41) is 12.6. The Morgan fingerprint density at radius 2 is 2.05 bits per heavy atom. The first-order chi connectivity index (χ1) is 10.1. The van der Waals surface area contributed by atoms with Gasteiger partial charge in [-0.3, -0.25) is 4.79 Å². The van der Waals surface area contributed by atoms with Gasteiger partial charge in [-0.1, -0.05) is 35.9 Å². The second kappa shape index (κ2) is 7.11. The van der Waals surface area contributed by atoms with Gasteiger partial charge in [-0.15, -0.1) is 0 Å². The molecule has 0 heterocycles. The third kappa shape index (κ3) is 4.48. The number of halogens is 1. The van der Waals surface area contributed by atoms with Gasteiger partial charge in [0.2, 0.25) is 0 Å². The zero-order valence-electron chi connectivity index (χ0n) is 11.5. The van der Waals surface area contributed by atoms with Gasteiger partial charge in [0.25, 0.3) is 5.91 Å². The van der Waals surface area contributed by atoms with Crippen LogP contribution in [0.25, 0.3) is 0 Å². The van der Waals surface area contributed by atoms with Crippen LogP contribution in [0, 0.1) is 0 Å². The van der Waals surface area contributed by atoms with Crippen LogP contribution >= 0.6 is 11.6 Å². The summed E-state index contributed by atoms with van der Waals surface area (Å²) in [6.07, 6.45) is -0.578. The first-order valence-electron chi connectivity index (χ1n) is 6.51. The Kier molecular flexibility index (Phi) is 5.20. The van der Waals surface area contributed by atoms with E-state index in [1.807, 2.05) is 0 Å². The van der Waals surface area contributed by atoms with E-state index in [9.17, 15) is 9.90 Å². The minimum Gasteiger partial charge on any atom is -0.484 e. The number of aliphatic hydroxyl groups is 1. The third-order valence-electron chi connectivity index (χ3n) is 2.86. The topological polar surface area (TPSA) is 58.6 Å². The lowest BCUT2D eigenvalue weighted by molar-refractivity contribution is -0.118. The number of carbonyl (C=O) groups excluding carboxylic acids is 1. The fourth-order valence-electron chi connectivity index (χ4n) is 1.76. The molecule has 5 heteroatoms. The van der Waals surface area contributed by atoms with Gasteiger partial charge in [0, 0.05) is 0 Å². The second-order valence-corrected chi connectivity index (χ2v) is 4.97. The zero-order valence-corrected chi connectivity index (χ0v) is 12.3. The zero-order chi connectivity index (χ0) is 15.2. The number of amides is 1. The Labute approximate surface area is 128 Å². The Morgan fingerprint density at radius 3 is 2.76 bits per heavy atom. The van der Waals surface area contributed by atoms with Crippen LogP contribution in [-0.4, -0.2) is 17.6 Å². The predicted octanol–water partition coefficient (Wildman–Crippen LogP) is 3.41. The molecule has 0 bridgehead atoms. The summed E-state index contributed by atoms with van der Waals surface area (Å²) in [4.78, 5) is 11.8. The molecule has 2 aromatic rings. The number of ether oxygens (including phenoxy) is 1. The van der Waals surface area contributed by atoms with Crippen molar-refractivity contribution in [1.82, 2.24) is 0 Å². The molecule has 110 valence electrons. The first-order valence-corrected chi connectivity index (χ1v) is 6.89. The Morgan fingerprint density at radius 1 is 1.29 bits per heavy atom. The molecule has 0 aliphatic rings. The molecule has 1 atom stereocenters. The van der Waals surface area contributed by atoms with Gasteiger partial charge in [-0.2, -0.15) is 0 Å². The van der Waals surface area contributed by atoms with Gasteiger partial charge in [0.1, 0.15) is 5.75 Å². The first kappa shape index (κ1) is 15.4. The molecule has 1 amide bonds. The molecule has 4 nitrogen and oxygen atoms in total. The predicted molar refractivity (Wildman–Crippen MR) is 82.7 cm³/mol. The maximum Gasteiger partial charge on any atom is 0.262 e. The minimum atomic E-state index is -0.578. The summed E-state index contributed by atoms with van der Waals surface area (Å²) in [5.41, 5.74) is 1.28. The highest BCUT2D eigenvalue weighted by Crippen LogP contribution is 2.21. The van der Waals surface area contributed by atoms with Crippen molar-refractivity contribution < 1.29 is 14.6 Å². The van der Waals surface area contributed by atoms with E-state index in [1.54, 1.807) is 55.5 Å². The molecule has 0 aliphatic heterocycles. The molecule has 0 saturated carbocycles. The lowest BCUT2D eigenvalue weighted by Crippen LogP contribution is -2.20. The molecule has 2 aromatic carbocycles. The molecule has 0 aromatic heterocycles. The summed E-state index contributed by atoms with van der Waals surface area (Å²) < 4.78 is 5.40. The summed E-state index contributed by atoms with van der Waals surface area (Å²) in [5.74, 6) is 0.230. The number of hydrogen-bond donors (Lipinski definition) is 2. The highest BCUT2D eigenvalue weighted by molar-refractivity contribution is 6.33. The molecule has 21 heavy (non-hydrogen) atoms. The van der Waals surface area contributed by atoms with Crippen molar-refractivity contribution >= 4 is 23.2 Å². The summed E-state index contributed by atoms with van der Waals surface area (Å²) >= 11 is 5.96. The molecule has 2 N–H and O–H groups in total. The average Bonchev–Trinajstić information content (AvgIpc) is 2.48. The highest BCUT2D eigenvalue weighted by Gasteiger charge is 2.07. The molecule has 0 saturated heterocycles. The van der Waals surface area contributed by atoms with Crippen LogP contribution in [0.1, 0.15) is 18.6 Å². The van der Waals surface area contributed by atoms with Gasteiger partial charge in [0.05, 0.1) is 16.8 Å². The van der Waals surface area contributed by atoms with Gasteiger partial charge in [0.15, 0.2) is 6.61 Å². The smallest absolute Gasteiger partial charge is 0.262 e. The molecular weight excluding hydrogens is 290 g/mol. The Balaban J connectivity index is 1.92. The number of rotatable bonds is 5. The van der Waals surface area contributed by atoms with E-state index >= 15 is 0 Å². The Bertz CT molecular complexity index is 628. The Hall–Kier alpha value is -2.04. The van der Waals surface area contributed by atoms with Gasteiger partial charge >= 0.3 is 0 Å². The van der Waals surface area contributed by atoms with E-state index in [-0.39, 0.29) is 12.5 Å². The summed E-state index contributed by atoms with van der Waals surface area (Å²) in [6.45, 7) is 1.54. The monoisotopic (exact) mass is 305 g/mol. The van der Waals surface area contributed by atoms with Gasteiger partial charge < -0.3 is 15.2 Å². The van der Waals surface area contributed by atoms with Gasteiger partial charge in [-0.25, -0.2) is 0 Å². The van der Waals surface area contributed by atoms with Gasteiger partial charge in [-0.05, 0) is 36.8 Å². The quantitative estimate of drug-likeness (QED) is 0.890. The molecular formula is C16H16ClNO3. The van der Waals surface area contributed by atoms with Crippen LogP contribution in [0.15, 0.2) is 48.5 Å². The molecule has 1 unspecified atom stereocenters. The van der Waals surface area contributed by atoms with Crippen molar-refractivity contribution in [3.63, 3.8) is 0 Å². The molecule has 0 spiro atoms. The van der Waals surface area contributed by atoms with E-state index in [0.29, 0.717) is 16.5 Å². The fraction of sp³-hybridized carbons (Fsp3) is 0.188. The lowest BCUT2D eigenvalue weighted by Gasteiger charge is -2.10. The van der Waals surface area contributed by atoms with Crippen LogP contribution in [0.4, 0.5) is 5.69 Å². The molecule has 2 rings (SSSR count). The van der Waals surface area contributed by atoms with Crippen LogP contribution in [0.3, 0.4) is 0 Å².